The number of carboxylic acid groups (broad SMARTS) is 1. The summed E-state index contributed by atoms with van der Waals surface area (Å²) >= 11 is 0. The number of likely N-dealkylation sites (tertiary alicyclic amines) is 1. The molecular weight excluding hydrogens is 404 g/mol. The highest BCUT2D eigenvalue weighted by molar-refractivity contribution is 5.76. The summed E-state index contributed by atoms with van der Waals surface area (Å²) in [5, 5.41) is 7.12. The molecule has 2 aromatic rings. The molecule has 1 fully saturated rings. The first kappa shape index (κ1) is 23.3. The SMILES string of the molecule is O=C(CCc1cncc(-c2ccc(F)cc2)c1)N1CCCCC1.O=C(O)C(F)(F)F. The number of alkyl halides is 3. The van der Waals surface area contributed by atoms with Crippen molar-refractivity contribution in [1.82, 2.24) is 9.88 Å². The van der Waals surface area contributed by atoms with Crippen molar-refractivity contribution in [3.05, 3.63) is 54.1 Å². The van der Waals surface area contributed by atoms with E-state index in [2.05, 4.69) is 4.98 Å². The van der Waals surface area contributed by atoms with Gasteiger partial charge in [-0.15, -0.1) is 0 Å². The second kappa shape index (κ2) is 10.7. The fraction of sp³-hybridized carbons (Fsp3) is 0.381. The molecular formula is C21H22F4N2O3. The first-order valence-corrected chi connectivity index (χ1v) is 9.44. The molecule has 0 saturated carbocycles. The second-order valence-electron chi connectivity index (χ2n) is 6.83. The van der Waals surface area contributed by atoms with E-state index in [-0.39, 0.29) is 11.7 Å². The molecule has 0 aliphatic carbocycles. The molecule has 0 atom stereocenters. The summed E-state index contributed by atoms with van der Waals surface area (Å²) in [6.45, 7) is 1.79. The van der Waals surface area contributed by atoms with Gasteiger partial charge in [-0.2, -0.15) is 13.2 Å². The number of pyridine rings is 1. The first-order valence-electron chi connectivity index (χ1n) is 9.44. The number of nitrogens with zero attached hydrogens (tertiary/aromatic N) is 2. The molecule has 1 amide bonds. The minimum atomic E-state index is -5.08. The van der Waals surface area contributed by atoms with Crippen LogP contribution in [0.15, 0.2) is 42.7 Å². The van der Waals surface area contributed by atoms with Crippen molar-refractivity contribution in [1.29, 1.82) is 0 Å². The number of aryl methyl sites for hydroxylation is 1. The van der Waals surface area contributed by atoms with Crippen molar-refractivity contribution in [2.24, 2.45) is 0 Å². The predicted octanol–water partition coefficient (Wildman–Crippen LogP) is 4.47. The van der Waals surface area contributed by atoms with Crippen LogP contribution in [0.5, 0.6) is 0 Å². The molecule has 1 aromatic carbocycles. The monoisotopic (exact) mass is 426 g/mol. The quantitative estimate of drug-likeness (QED) is 0.733. The lowest BCUT2D eigenvalue weighted by molar-refractivity contribution is -0.192. The number of benzene rings is 1. The number of carboxylic acids is 1. The molecule has 0 radical (unpaired) electrons. The smallest absolute Gasteiger partial charge is 0.475 e. The minimum Gasteiger partial charge on any atom is -0.475 e. The Morgan fingerprint density at radius 1 is 1.00 bits per heavy atom. The second-order valence-corrected chi connectivity index (χ2v) is 6.83. The highest BCUT2D eigenvalue weighted by atomic mass is 19.4. The summed E-state index contributed by atoms with van der Waals surface area (Å²) in [6, 6.07) is 8.41. The van der Waals surface area contributed by atoms with Gasteiger partial charge in [0.15, 0.2) is 0 Å². The van der Waals surface area contributed by atoms with E-state index in [0.29, 0.717) is 12.8 Å². The zero-order chi connectivity index (χ0) is 22.1. The Hall–Kier alpha value is -2.97. The fourth-order valence-corrected chi connectivity index (χ4v) is 2.98. The van der Waals surface area contributed by atoms with Crippen LogP contribution in [0.2, 0.25) is 0 Å². The van der Waals surface area contributed by atoms with E-state index in [9.17, 15) is 22.4 Å². The molecule has 0 bridgehead atoms. The number of amides is 1. The lowest BCUT2D eigenvalue weighted by atomic mass is 10.0. The van der Waals surface area contributed by atoms with Gasteiger partial charge >= 0.3 is 12.1 Å². The first-order chi connectivity index (χ1) is 14.2. The molecule has 9 heteroatoms. The lowest BCUT2D eigenvalue weighted by Crippen LogP contribution is -2.35. The summed E-state index contributed by atoms with van der Waals surface area (Å²) in [6.07, 6.45) is 3.17. The van der Waals surface area contributed by atoms with Crippen LogP contribution in [0.3, 0.4) is 0 Å². The van der Waals surface area contributed by atoms with Crippen molar-refractivity contribution in [2.45, 2.75) is 38.3 Å². The van der Waals surface area contributed by atoms with Gasteiger partial charge in [0.1, 0.15) is 5.82 Å². The fourth-order valence-electron chi connectivity index (χ4n) is 2.98. The number of hydrogen-bond acceptors (Lipinski definition) is 3. The molecule has 1 aliphatic rings. The third kappa shape index (κ3) is 7.46. The molecule has 0 spiro atoms. The van der Waals surface area contributed by atoms with Crippen LogP contribution in [0.4, 0.5) is 17.6 Å². The van der Waals surface area contributed by atoms with Crippen molar-refractivity contribution in [2.75, 3.05) is 13.1 Å². The Morgan fingerprint density at radius 3 is 2.17 bits per heavy atom. The highest BCUT2D eigenvalue weighted by Crippen LogP contribution is 2.20. The molecule has 30 heavy (non-hydrogen) atoms. The van der Waals surface area contributed by atoms with E-state index < -0.39 is 12.1 Å². The molecule has 5 nitrogen and oxygen atoms in total. The number of aliphatic carboxylic acids is 1. The van der Waals surface area contributed by atoms with Crippen molar-refractivity contribution in [3.8, 4) is 11.1 Å². The van der Waals surface area contributed by atoms with Crippen molar-refractivity contribution in [3.63, 3.8) is 0 Å². The van der Waals surface area contributed by atoms with Gasteiger partial charge in [-0.3, -0.25) is 9.78 Å². The summed E-state index contributed by atoms with van der Waals surface area (Å²) < 4.78 is 44.7. The summed E-state index contributed by atoms with van der Waals surface area (Å²) in [4.78, 5) is 27.4. The molecule has 1 aromatic heterocycles. The van der Waals surface area contributed by atoms with Gasteiger partial charge in [0.05, 0.1) is 0 Å². The largest absolute Gasteiger partial charge is 0.490 e. The number of piperidine rings is 1. The van der Waals surface area contributed by atoms with Crippen molar-refractivity contribution < 1.29 is 32.3 Å². The van der Waals surface area contributed by atoms with E-state index in [1.807, 2.05) is 11.0 Å². The van der Waals surface area contributed by atoms with Gasteiger partial charge in [0, 0.05) is 37.5 Å². The molecule has 0 unspecified atom stereocenters. The summed E-state index contributed by atoms with van der Waals surface area (Å²) in [7, 11) is 0. The van der Waals surface area contributed by atoms with Crippen LogP contribution in [-0.4, -0.2) is 46.1 Å². The maximum absolute atomic E-state index is 13.0. The highest BCUT2D eigenvalue weighted by Gasteiger charge is 2.38. The number of rotatable bonds is 4. The number of halogens is 4. The topological polar surface area (TPSA) is 70.5 Å². The Bertz CT molecular complexity index is 848. The van der Waals surface area contributed by atoms with Crippen LogP contribution < -0.4 is 0 Å². The molecule has 2 heterocycles. The van der Waals surface area contributed by atoms with Gasteiger partial charge < -0.3 is 10.0 Å². The Kier molecular flexibility index (Phi) is 8.32. The molecule has 162 valence electrons. The third-order valence-corrected chi connectivity index (χ3v) is 4.55. The lowest BCUT2D eigenvalue weighted by Gasteiger charge is -2.26. The van der Waals surface area contributed by atoms with E-state index in [1.54, 1.807) is 24.5 Å². The van der Waals surface area contributed by atoms with E-state index in [4.69, 9.17) is 9.90 Å². The molecule has 1 saturated heterocycles. The summed E-state index contributed by atoms with van der Waals surface area (Å²) in [5.74, 6) is -2.77. The average Bonchev–Trinajstić information content (AvgIpc) is 2.73. The van der Waals surface area contributed by atoms with Gasteiger partial charge in [-0.1, -0.05) is 12.1 Å². The standard InChI is InChI=1S/C19H21FN2O.C2HF3O2/c20-18-7-5-16(6-8-18)17-12-15(13-21-14-17)4-9-19(23)22-10-2-1-3-11-22;3-2(4,5)1(6)7/h5-8,12-14H,1-4,9-11H2;(H,6,7). The van der Waals surface area contributed by atoms with Crippen LogP contribution >= 0.6 is 0 Å². The Balaban J connectivity index is 0.000000396. The summed E-state index contributed by atoms with van der Waals surface area (Å²) in [5.41, 5.74) is 2.92. The van der Waals surface area contributed by atoms with Crippen LogP contribution in [0.1, 0.15) is 31.2 Å². The Morgan fingerprint density at radius 2 is 1.60 bits per heavy atom. The molecule has 1 aliphatic heterocycles. The number of aromatic nitrogens is 1. The van der Waals surface area contributed by atoms with E-state index in [1.165, 1.54) is 18.6 Å². The van der Waals surface area contributed by atoms with Gasteiger partial charge in [0.25, 0.3) is 0 Å². The average molecular weight is 426 g/mol. The number of hydrogen-bond donors (Lipinski definition) is 1. The number of carbonyl (C=O) groups is 2. The van der Waals surface area contributed by atoms with Crippen LogP contribution in [0.25, 0.3) is 11.1 Å². The van der Waals surface area contributed by atoms with Crippen LogP contribution in [-0.2, 0) is 16.0 Å². The van der Waals surface area contributed by atoms with E-state index in [0.717, 1.165) is 42.6 Å². The third-order valence-electron chi connectivity index (χ3n) is 4.55. The maximum atomic E-state index is 13.0. The zero-order valence-electron chi connectivity index (χ0n) is 16.2. The van der Waals surface area contributed by atoms with Crippen LogP contribution in [0, 0.1) is 5.82 Å². The van der Waals surface area contributed by atoms with Gasteiger partial charge in [-0.05, 0) is 55.0 Å². The minimum absolute atomic E-state index is 0.233. The normalized spacial score (nSPS) is 13.9. The number of carbonyl (C=O) groups excluding carboxylic acids is 1. The molecule has 1 N–H and O–H groups in total. The predicted molar refractivity (Wildman–Crippen MR) is 102 cm³/mol. The van der Waals surface area contributed by atoms with E-state index >= 15 is 0 Å². The van der Waals surface area contributed by atoms with Crippen molar-refractivity contribution >= 4 is 11.9 Å². The Labute approximate surface area is 171 Å². The maximum Gasteiger partial charge on any atom is 0.490 e. The van der Waals surface area contributed by atoms with Gasteiger partial charge in [0.2, 0.25) is 5.91 Å². The van der Waals surface area contributed by atoms with Gasteiger partial charge in [-0.25, -0.2) is 9.18 Å². The zero-order valence-corrected chi connectivity index (χ0v) is 16.2. The molecule has 3 rings (SSSR count).